The van der Waals surface area contributed by atoms with Gasteiger partial charge < -0.3 is 15.6 Å². The van der Waals surface area contributed by atoms with E-state index in [9.17, 15) is 5.11 Å². The molecule has 0 amide bonds. The van der Waals surface area contributed by atoms with Crippen molar-refractivity contribution in [3.8, 4) is 5.75 Å². The monoisotopic (exact) mass is 207 g/mol. The summed E-state index contributed by atoms with van der Waals surface area (Å²) in [5, 5.41) is 10.5. The summed E-state index contributed by atoms with van der Waals surface area (Å²) < 4.78 is 5.14. The van der Waals surface area contributed by atoms with Crippen molar-refractivity contribution in [2.24, 2.45) is 11.7 Å². The molecule has 0 spiro atoms. The predicted molar refractivity (Wildman–Crippen MR) is 58.7 cm³/mol. The van der Waals surface area contributed by atoms with Gasteiger partial charge in [0.15, 0.2) is 0 Å². The third-order valence-electron chi connectivity index (χ3n) is 3.13. The summed E-state index contributed by atoms with van der Waals surface area (Å²) in [7, 11) is 1.62. The number of nitrogens with two attached hydrogens (primary N) is 1. The number of hydrogen-bond acceptors (Lipinski definition) is 3. The van der Waals surface area contributed by atoms with Gasteiger partial charge in [-0.25, -0.2) is 0 Å². The zero-order valence-corrected chi connectivity index (χ0v) is 8.94. The van der Waals surface area contributed by atoms with Crippen LogP contribution in [0.15, 0.2) is 24.3 Å². The van der Waals surface area contributed by atoms with Crippen molar-refractivity contribution in [2.75, 3.05) is 13.7 Å². The summed E-state index contributed by atoms with van der Waals surface area (Å²) in [6.07, 6.45) is 2.12. The highest BCUT2D eigenvalue weighted by Gasteiger charge is 2.44. The maximum absolute atomic E-state index is 10.5. The molecule has 0 bridgehead atoms. The Morgan fingerprint density at radius 1 is 1.53 bits per heavy atom. The Kier molecular flexibility index (Phi) is 2.67. The summed E-state index contributed by atoms with van der Waals surface area (Å²) in [6.45, 7) is 0.269. The third kappa shape index (κ3) is 1.85. The molecule has 1 fully saturated rings. The normalized spacial score (nSPS) is 19.7. The second-order valence-electron chi connectivity index (χ2n) is 4.13. The fourth-order valence-corrected chi connectivity index (χ4v) is 1.97. The minimum absolute atomic E-state index is 0.269. The van der Waals surface area contributed by atoms with E-state index in [-0.39, 0.29) is 6.54 Å². The molecule has 1 atom stereocenters. The number of hydrogen-bond donors (Lipinski definition) is 2. The highest BCUT2D eigenvalue weighted by molar-refractivity contribution is 5.33. The largest absolute Gasteiger partial charge is 0.497 e. The van der Waals surface area contributed by atoms with Crippen molar-refractivity contribution in [2.45, 2.75) is 18.4 Å². The molecule has 1 aromatic carbocycles. The van der Waals surface area contributed by atoms with Gasteiger partial charge in [-0.05, 0) is 36.5 Å². The van der Waals surface area contributed by atoms with Gasteiger partial charge in [0, 0.05) is 6.54 Å². The van der Waals surface area contributed by atoms with Crippen LogP contribution in [0.2, 0.25) is 0 Å². The van der Waals surface area contributed by atoms with Gasteiger partial charge in [-0.1, -0.05) is 12.1 Å². The first-order chi connectivity index (χ1) is 7.20. The Morgan fingerprint density at radius 3 is 2.80 bits per heavy atom. The highest BCUT2D eigenvalue weighted by Crippen LogP contribution is 2.45. The van der Waals surface area contributed by atoms with Gasteiger partial charge in [0.25, 0.3) is 0 Å². The average molecular weight is 207 g/mol. The van der Waals surface area contributed by atoms with Crippen molar-refractivity contribution in [1.82, 2.24) is 0 Å². The molecule has 82 valence electrons. The summed E-state index contributed by atoms with van der Waals surface area (Å²) in [5.74, 6) is 1.08. The molecular weight excluding hydrogens is 190 g/mol. The number of aliphatic hydroxyl groups is 1. The van der Waals surface area contributed by atoms with E-state index >= 15 is 0 Å². The minimum atomic E-state index is -0.867. The Hall–Kier alpha value is -1.06. The Balaban J connectivity index is 2.33. The summed E-state index contributed by atoms with van der Waals surface area (Å²) in [4.78, 5) is 0. The van der Waals surface area contributed by atoms with Crippen LogP contribution in [0.3, 0.4) is 0 Å². The molecule has 3 N–H and O–H groups in total. The van der Waals surface area contributed by atoms with E-state index in [1.807, 2.05) is 24.3 Å². The van der Waals surface area contributed by atoms with Crippen LogP contribution in [0.5, 0.6) is 5.75 Å². The van der Waals surface area contributed by atoms with Crippen LogP contribution >= 0.6 is 0 Å². The van der Waals surface area contributed by atoms with Crippen molar-refractivity contribution in [3.63, 3.8) is 0 Å². The van der Waals surface area contributed by atoms with Gasteiger partial charge in [-0.2, -0.15) is 0 Å². The summed E-state index contributed by atoms with van der Waals surface area (Å²) in [5.41, 5.74) is 5.68. The topological polar surface area (TPSA) is 55.5 Å². The van der Waals surface area contributed by atoms with Crippen LogP contribution in [0.4, 0.5) is 0 Å². The average Bonchev–Trinajstić information content (AvgIpc) is 3.12. The molecule has 3 nitrogen and oxygen atoms in total. The zero-order valence-electron chi connectivity index (χ0n) is 8.94. The Labute approximate surface area is 89.9 Å². The maximum atomic E-state index is 10.5. The van der Waals surface area contributed by atoms with E-state index in [0.29, 0.717) is 5.92 Å². The van der Waals surface area contributed by atoms with E-state index in [1.54, 1.807) is 7.11 Å². The van der Waals surface area contributed by atoms with Crippen LogP contribution < -0.4 is 10.5 Å². The molecule has 0 heterocycles. The standard InChI is InChI=1S/C12H17NO2/c1-15-11-4-2-3-10(7-11)12(14,8-13)9-5-6-9/h2-4,7,9,14H,5-6,8,13H2,1H3. The quantitative estimate of drug-likeness (QED) is 0.781. The zero-order chi connectivity index (χ0) is 10.9. The van der Waals surface area contributed by atoms with E-state index in [2.05, 4.69) is 0 Å². The number of rotatable bonds is 4. The summed E-state index contributed by atoms with van der Waals surface area (Å²) in [6, 6.07) is 7.53. The second kappa shape index (κ2) is 3.83. The molecule has 1 aliphatic rings. The molecule has 1 saturated carbocycles. The smallest absolute Gasteiger partial charge is 0.119 e. The fraction of sp³-hybridized carbons (Fsp3) is 0.500. The van der Waals surface area contributed by atoms with Gasteiger partial charge in [-0.15, -0.1) is 0 Å². The van der Waals surface area contributed by atoms with Crippen LogP contribution in [0.1, 0.15) is 18.4 Å². The van der Waals surface area contributed by atoms with Crippen LogP contribution in [-0.2, 0) is 5.60 Å². The van der Waals surface area contributed by atoms with Gasteiger partial charge in [0.1, 0.15) is 11.4 Å². The number of ether oxygens (including phenoxy) is 1. The Bertz CT molecular complexity index is 349. The molecule has 3 heteroatoms. The first-order valence-electron chi connectivity index (χ1n) is 5.27. The SMILES string of the molecule is COc1cccc(C(O)(CN)C2CC2)c1. The van der Waals surface area contributed by atoms with Gasteiger partial charge >= 0.3 is 0 Å². The molecule has 0 radical (unpaired) electrons. The molecule has 15 heavy (non-hydrogen) atoms. The minimum Gasteiger partial charge on any atom is -0.497 e. The molecular formula is C12H17NO2. The lowest BCUT2D eigenvalue weighted by molar-refractivity contribution is 0.0220. The molecule has 1 unspecified atom stereocenters. The summed E-state index contributed by atoms with van der Waals surface area (Å²) >= 11 is 0. The molecule has 1 aliphatic carbocycles. The lowest BCUT2D eigenvalue weighted by Gasteiger charge is -2.27. The molecule has 0 aromatic heterocycles. The van der Waals surface area contributed by atoms with E-state index in [0.717, 1.165) is 24.2 Å². The first kappa shape index (κ1) is 10.5. The van der Waals surface area contributed by atoms with Crippen LogP contribution in [-0.4, -0.2) is 18.8 Å². The van der Waals surface area contributed by atoms with Crippen molar-refractivity contribution < 1.29 is 9.84 Å². The maximum Gasteiger partial charge on any atom is 0.119 e. The lowest BCUT2D eigenvalue weighted by Crippen LogP contribution is -2.37. The van der Waals surface area contributed by atoms with Crippen molar-refractivity contribution in [3.05, 3.63) is 29.8 Å². The van der Waals surface area contributed by atoms with Gasteiger partial charge in [0.2, 0.25) is 0 Å². The van der Waals surface area contributed by atoms with Gasteiger partial charge in [0.05, 0.1) is 7.11 Å². The van der Waals surface area contributed by atoms with E-state index in [1.165, 1.54) is 0 Å². The molecule has 1 aromatic rings. The fourth-order valence-electron chi connectivity index (χ4n) is 1.97. The van der Waals surface area contributed by atoms with E-state index in [4.69, 9.17) is 10.5 Å². The Morgan fingerprint density at radius 2 is 2.27 bits per heavy atom. The van der Waals surface area contributed by atoms with Crippen LogP contribution in [0.25, 0.3) is 0 Å². The van der Waals surface area contributed by atoms with Crippen molar-refractivity contribution >= 4 is 0 Å². The number of benzene rings is 1. The molecule has 2 rings (SSSR count). The van der Waals surface area contributed by atoms with E-state index < -0.39 is 5.60 Å². The second-order valence-corrected chi connectivity index (χ2v) is 4.13. The van der Waals surface area contributed by atoms with Crippen molar-refractivity contribution in [1.29, 1.82) is 0 Å². The highest BCUT2D eigenvalue weighted by atomic mass is 16.5. The van der Waals surface area contributed by atoms with Crippen LogP contribution in [0, 0.1) is 5.92 Å². The lowest BCUT2D eigenvalue weighted by atomic mass is 9.89. The molecule has 0 saturated heterocycles. The predicted octanol–water partition coefficient (Wildman–Crippen LogP) is 1.25. The first-order valence-corrected chi connectivity index (χ1v) is 5.27. The third-order valence-corrected chi connectivity index (χ3v) is 3.13. The number of methoxy groups -OCH3 is 1. The van der Waals surface area contributed by atoms with Gasteiger partial charge in [-0.3, -0.25) is 0 Å². The molecule has 0 aliphatic heterocycles.